The summed E-state index contributed by atoms with van der Waals surface area (Å²) in [5.74, 6) is 1.88. The first-order chi connectivity index (χ1) is 13.2. The lowest BCUT2D eigenvalue weighted by Crippen LogP contribution is -2.25. The van der Waals surface area contributed by atoms with E-state index in [0.717, 1.165) is 25.0 Å². The van der Waals surface area contributed by atoms with Gasteiger partial charge in [0.2, 0.25) is 0 Å². The van der Waals surface area contributed by atoms with E-state index in [4.69, 9.17) is 14.0 Å². The van der Waals surface area contributed by atoms with Crippen molar-refractivity contribution in [1.29, 1.82) is 0 Å². The number of benzene rings is 1. The average Bonchev–Trinajstić information content (AvgIpc) is 3.32. The topological polar surface area (TPSA) is 91.4 Å². The number of methoxy groups -OCH3 is 1. The number of rotatable bonds is 7. The predicted molar refractivity (Wildman–Crippen MR) is 102 cm³/mol. The fourth-order valence-corrected chi connectivity index (χ4v) is 4.42. The van der Waals surface area contributed by atoms with E-state index >= 15 is 0 Å². The first kappa shape index (κ1) is 18.0. The van der Waals surface area contributed by atoms with Crippen molar-refractivity contribution in [3.05, 3.63) is 36.2 Å². The molecule has 3 heterocycles. The van der Waals surface area contributed by atoms with E-state index in [2.05, 4.69) is 15.0 Å². The molecule has 2 aromatic heterocycles. The van der Waals surface area contributed by atoms with Crippen LogP contribution in [0.15, 0.2) is 35.1 Å². The van der Waals surface area contributed by atoms with Gasteiger partial charge in [-0.2, -0.15) is 5.10 Å². The number of anilines is 1. The molecule has 0 amide bonds. The van der Waals surface area contributed by atoms with Gasteiger partial charge in [-0.15, -0.1) is 0 Å². The van der Waals surface area contributed by atoms with Crippen LogP contribution >= 0.6 is 0 Å². The van der Waals surface area contributed by atoms with Crippen molar-refractivity contribution in [2.75, 3.05) is 30.8 Å². The molecule has 144 valence electrons. The Labute approximate surface area is 159 Å². The number of nitrogens with one attached hydrogen (secondary N) is 1. The summed E-state index contributed by atoms with van der Waals surface area (Å²) < 4.78 is 33.7. The van der Waals surface area contributed by atoms with Crippen molar-refractivity contribution in [2.24, 2.45) is 5.92 Å². The van der Waals surface area contributed by atoms with Crippen molar-refractivity contribution in [3.63, 3.8) is 0 Å². The molecule has 0 spiro atoms. The number of nitrogens with zero attached hydrogens (tertiary/aromatic N) is 3. The van der Waals surface area contributed by atoms with Crippen molar-refractivity contribution in [3.8, 4) is 5.75 Å². The first-order valence-corrected chi connectivity index (χ1v) is 10.2. The monoisotopic (exact) mass is 390 g/mol. The standard InChI is InChI=1S/C18H22N4O4S/c1-24-15-8-14(10-22-6-3-5-19-22)9-16-17(15)18(20-26-16)21-27(23)12-13-4-2-7-25-11-13/h3,5-6,8-9,13H,2,4,7,10-12H2,1H3,(H,20,21). The molecular formula is C18H22N4O4S. The van der Waals surface area contributed by atoms with Crippen LogP contribution in [-0.4, -0.2) is 45.2 Å². The Bertz CT molecular complexity index is 919. The fraction of sp³-hybridized carbons (Fsp3) is 0.444. The van der Waals surface area contributed by atoms with Crippen LogP contribution in [-0.2, 0) is 22.3 Å². The Morgan fingerprint density at radius 3 is 3.11 bits per heavy atom. The third-order valence-electron chi connectivity index (χ3n) is 4.57. The van der Waals surface area contributed by atoms with E-state index in [1.165, 1.54) is 0 Å². The zero-order chi connectivity index (χ0) is 18.6. The summed E-state index contributed by atoms with van der Waals surface area (Å²) in [5, 5.41) is 8.97. The second-order valence-electron chi connectivity index (χ2n) is 6.60. The largest absolute Gasteiger partial charge is 0.496 e. The van der Waals surface area contributed by atoms with Gasteiger partial charge in [-0.05, 0) is 42.5 Å². The van der Waals surface area contributed by atoms with Crippen LogP contribution < -0.4 is 9.46 Å². The summed E-state index contributed by atoms with van der Waals surface area (Å²) in [6.07, 6.45) is 5.68. The molecular weight excluding hydrogens is 368 g/mol. The lowest BCUT2D eigenvalue weighted by atomic mass is 10.1. The Hall–Kier alpha value is -2.39. The summed E-state index contributed by atoms with van der Waals surface area (Å²) in [6, 6.07) is 5.69. The van der Waals surface area contributed by atoms with E-state index in [1.54, 1.807) is 13.3 Å². The van der Waals surface area contributed by atoms with E-state index in [1.807, 2.05) is 29.1 Å². The molecule has 1 saturated heterocycles. The van der Waals surface area contributed by atoms with Gasteiger partial charge in [0.1, 0.15) is 22.1 Å². The van der Waals surface area contributed by atoms with E-state index in [-0.39, 0.29) is 0 Å². The maximum Gasteiger partial charge on any atom is 0.192 e. The molecule has 1 N–H and O–H groups in total. The van der Waals surface area contributed by atoms with Crippen molar-refractivity contribution >= 4 is 27.8 Å². The van der Waals surface area contributed by atoms with Gasteiger partial charge < -0.3 is 14.0 Å². The highest BCUT2D eigenvalue weighted by Gasteiger charge is 2.20. The second-order valence-corrected chi connectivity index (χ2v) is 7.83. The minimum atomic E-state index is -1.27. The SMILES string of the molecule is COc1cc(Cn2cccn2)cc2onc(NS(=O)CC3CCCOC3)c12. The molecule has 1 aromatic carbocycles. The molecule has 9 heteroatoms. The predicted octanol–water partition coefficient (Wildman–Crippen LogP) is 2.58. The number of aromatic nitrogens is 3. The molecule has 4 rings (SSSR count). The molecule has 8 nitrogen and oxygen atoms in total. The molecule has 27 heavy (non-hydrogen) atoms. The Balaban J connectivity index is 1.53. The van der Waals surface area contributed by atoms with Crippen molar-refractivity contribution in [1.82, 2.24) is 14.9 Å². The molecule has 2 unspecified atom stereocenters. The zero-order valence-corrected chi connectivity index (χ0v) is 15.9. The highest BCUT2D eigenvalue weighted by atomic mass is 32.2. The molecule has 0 aliphatic carbocycles. The smallest absolute Gasteiger partial charge is 0.192 e. The van der Waals surface area contributed by atoms with Crippen molar-refractivity contribution < 1.29 is 18.2 Å². The Kier molecular flexibility index (Phi) is 5.40. The molecule has 0 saturated carbocycles. The number of hydrogen-bond donors (Lipinski definition) is 1. The minimum Gasteiger partial charge on any atom is -0.496 e. The van der Waals surface area contributed by atoms with E-state index in [0.29, 0.717) is 47.4 Å². The fourth-order valence-electron chi connectivity index (χ4n) is 3.30. The Morgan fingerprint density at radius 2 is 2.37 bits per heavy atom. The summed E-state index contributed by atoms with van der Waals surface area (Å²) in [4.78, 5) is 0. The van der Waals surface area contributed by atoms with E-state index in [9.17, 15) is 4.21 Å². The molecule has 0 bridgehead atoms. The van der Waals surface area contributed by atoms with Gasteiger partial charge in [0.25, 0.3) is 0 Å². The van der Waals surface area contributed by atoms with Crippen LogP contribution in [0.1, 0.15) is 18.4 Å². The normalized spacial score (nSPS) is 18.5. The van der Waals surface area contributed by atoms with Gasteiger partial charge in [-0.3, -0.25) is 9.40 Å². The zero-order valence-electron chi connectivity index (χ0n) is 15.1. The third kappa shape index (κ3) is 4.14. The molecule has 1 aliphatic rings. The summed E-state index contributed by atoms with van der Waals surface area (Å²) >= 11 is 0. The summed E-state index contributed by atoms with van der Waals surface area (Å²) in [6.45, 7) is 2.05. The maximum atomic E-state index is 12.5. The van der Waals surface area contributed by atoms with Crippen LogP contribution in [0.4, 0.5) is 5.82 Å². The lowest BCUT2D eigenvalue weighted by molar-refractivity contribution is 0.0629. The quantitative estimate of drug-likeness (QED) is 0.667. The Morgan fingerprint density at radius 1 is 1.44 bits per heavy atom. The first-order valence-electron chi connectivity index (χ1n) is 8.89. The molecule has 2 atom stereocenters. The molecule has 1 fully saturated rings. The van der Waals surface area contributed by atoms with Crippen LogP contribution in [0.3, 0.4) is 0 Å². The van der Waals surface area contributed by atoms with Gasteiger partial charge in [-0.1, -0.05) is 5.16 Å². The van der Waals surface area contributed by atoms with Crippen molar-refractivity contribution in [2.45, 2.75) is 19.4 Å². The summed E-state index contributed by atoms with van der Waals surface area (Å²) in [5.41, 5.74) is 1.56. The van der Waals surface area contributed by atoms with E-state index < -0.39 is 11.0 Å². The van der Waals surface area contributed by atoms with Crippen LogP contribution in [0.25, 0.3) is 11.0 Å². The molecule has 0 radical (unpaired) electrons. The van der Waals surface area contributed by atoms with Gasteiger partial charge in [-0.25, -0.2) is 4.21 Å². The lowest BCUT2D eigenvalue weighted by Gasteiger charge is -2.21. The van der Waals surface area contributed by atoms with Gasteiger partial charge in [0.05, 0.1) is 20.3 Å². The van der Waals surface area contributed by atoms with Gasteiger partial charge in [0, 0.05) is 24.8 Å². The van der Waals surface area contributed by atoms with Crippen LogP contribution in [0.5, 0.6) is 5.75 Å². The maximum absolute atomic E-state index is 12.5. The average molecular weight is 390 g/mol. The van der Waals surface area contributed by atoms with Gasteiger partial charge >= 0.3 is 0 Å². The summed E-state index contributed by atoms with van der Waals surface area (Å²) in [7, 11) is 0.330. The molecule has 1 aliphatic heterocycles. The second kappa shape index (κ2) is 8.10. The number of ether oxygens (including phenoxy) is 2. The van der Waals surface area contributed by atoms with Crippen LogP contribution in [0.2, 0.25) is 0 Å². The highest BCUT2D eigenvalue weighted by Crippen LogP contribution is 2.34. The molecule has 3 aromatic rings. The number of hydrogen-bond acceptors (Lipinski definition) is 6. The van der Waals surface area contributed by atoms with Gasteiger partial charge in [0.15, 0.2) is 11.4 Å². The third-order valence-corrected chi connectivity index (χ3v) is 5.77. The minimum absolute atomic E-state index is 0.299. The highest BCUT2D eigenvalue weighted by molar-refractivity contribution is 7.86. The van der Waals surface area contributed by atoms with Crippen LogP contribution in [0, 0.1) is 5.92 Å². The number of fused-ring (bicyclic) bond motifs is 1.